The van der Waals surface area contributed by atoms with Crippen molar-refractivity contribution >= 4 is 17.7 Å². The summed E-state index contributed by atoms with van der Waals surface area (Å²) < 4.78 is 0. The van der Waals surface area contributed by atoms with Crippen LogP contribution < -0.4 is 16.2 Å². The number of rotatable bonds is 3. The minimum absolute atomic E-state index is 0.0837. The van der Waals surface area contributed by atoms with Gasteiger partial charge in [0.1, 0.15) is 5.69 Å². The summed E-state index contributed by atoms with van der Waals surface area (Å²) in [5, 5.41) is 4.55. The first-order chi connectivity index (χ1) is 13.3. The quantitative estimate of drug-likeness (QED) is 0.716. The molecule has 0 bridgehead atoms. The fourth-order valence-electron chi connectivity index (χ4n) is 3.17. The molecule has 28 heavy (non-hydrogen) atoms. The lowest BCUT2D eigenvalue weighted by Gasteiger charge is -2.42. The molecule has 150 valence electrons. The maximum Gasteiger partial charge on any atom is 0.325 e. The Balaban J connectivity index is 1.72. The third kappa shape index (κ3) is 4.55. The smallest absolute Gasteiger partial charge is 0.325 e. The Morgan fingerprint density at radius 2 is 1.96 bits per heavy atom. The topological polar surface area (TPSA) is 111 Å². The van der Waals surface area contributed by atoms with Gasteiger partial charge in [-0.1, -0.05) is 0 Å². The number of aromatic amines is 1. The van der Waals surface area contributed by atoms with Crippen molar-refractivity contribution in [2.45, 2.75) is 26.3 Å². The highest BCUT2D eigenvalue weighted by Crippen LogP contribution is 2.19. The van der Waals surface area contributed by atoms with Crippen molar-refractivity contribution in [2.75, 3.05) is 38.5 Å². The zero-order valence-electron chi connectivity index (χ0n) is 16.8. The second-order valence-electron chi connectivity index (χ2n) is 7.79. The Morgan fingerprint density at radius 3 is 2.61 bits per heavy atom. The third-order valence-electron chi connectivity index (χ3n) is 4.89. The minimum atomic E-state index is -0.346. The van der Waals surface area contributed by atoms with E-state index in [4.69, 9.17) is 0 Å². The molecule has 4 N–H and O–H groups in total. The van der Waals surface area contributed by atoms with Gasteiger partial charge in [-0.3, -0.25) is 15.0 Å². The first-order valence-corrected chi connectivity index (χ1v) is 9.44. The molecule has 0 spiro atoms. The Morgan fingerprint density at radius 1 is 1.25 bits per heavy atom. The number of carbonyl (C=O) groups excluding carboxylic acids is 1. The number of pyridine rings is 1. The number of nitrogens with two attached hydrogens (primary N) is 1. The average molecular weight is 386 g/mol. The van der Waals surface area contributed by atoms with Crippen LogP contribution >= 0.6 is 0 Å². The SMILES string of the molecule is C[NH2+]c1nccc(-c2c[nH]c(=O)c(NC(=O)N3CCN(C(C)(C)C)CC3)c2)n1. The average Bonchev–Trinajstić information content (AvgIpc) is 2.69. The van der Waals surface area contributed by atoms with Gasteiger partial charge >= 0.3 is 12.0 Å². The van der Waals surface area contributed by atoms with Crippen LogP contribution in [0.4, 0.5) is 16.4 Å². The van der Waals surface area contributed by atoms with E-state index in [1.807, 2.05) is 7.05 Å². The lowest BCUT2D eigenvalue weighted by Crippen LogP contribution is -2.73. The number of piperazine rings is 1. The van der Waals surface area contributed by atoms with Crippen molar-refractivity contribution in [3.8, 4) is 11.3 Å². The van der Waals surface area contributed by atoms with Crippen molar-refractivity contribution in [2.24, 2.45) is 0 Å². The van der Waals surface area contributed by atoms with Crippen LogP contribution in [-0.4, -0.2) is 69.5 Å². The molecule has 9 heteroatoms. The molecular formula is C19H28N7O2+. The molecule has 0 aliphatic carbocycles. The molecule has 0 atom stereocenters. The van der Waals surface area contributed by atoms with E-state index in [9.17, 15) is 9.59 Å². The summed E-state index contributed by atoms with van der Waals surface area (Å²) in [5.41, 5.74) is 1.33. The summed E-state index contributed by atoms with van der Waals surface area (Å²) in [7, 11) is 1.86. The first kappa shape index (κ1) is 20.0. The summed E-state index contributed by atoms with van der Waals surface area (Å²) in [6, 6.07) is 3.14. The van der Waals surface area contributed by atoms with Crippen molar-refractivity contribution < 1.29 is 10.1 Å². The highest BCUT2D eigenvalue weighted by Gasteiger charge is 2.28. The molecular weight excluding hydrogens is 358 g/mol. The van der Waals surface area contributed by atoms with E-state index in [1.54, 1.807) is 34.7 Å². The van der Waals surface area contributed by atoms with E-state index < -0.39 is 0 Å². The van der Waals surface area contributed by atoms with Gasteiger partial charge in [0.25, 0.3) is 5.56 Å². The van der Waals surface area contributed by atoms with Crippen molar-refractivity contribution in [1.29, 1.82) is 0 Å². The van der Waals surface area contributed by atoms with Crippen LogP contribution in [-0.2, 0) is 0 Å². The summed E-state index contributed by atoms with van der Waals surface area (Å²) in [4.78, 5) is 40.1. The van der Waals surface area contributed by atoms with Crippen molar-refractivity contribution in [3.05, 3.63) is 34.9 Å². The van der Waals surface area contributed by atoms with Crippen LogP contribution in [0.25, 0.3) is 11.3 Å². The normalized spacial score (nSPS) is 15.5. The number of carbonyl (C=O) groups is 1. The molecule has 2 aromatic heterocycles. The molecule has 1 aliphatic heterocycles. The second kappa shape index (κ2) is 8.07. The maximum absolute atomic E-state index is 12.6. The zero-order valence-corrected chi connectivity index (χ0v) is 16.8. The fraction of sp³-hybridized carbons (Fsp3) is 0.474. The number of hydrogen-bond donors (Lipinski definition) is 3. The number of nitrogens with zero attached hydrogens (tertiary/aromatic N) is 4. The van der Waals surface area contributed by atoms with Gasteiger partial charge in [0.05, 0.1) is 12.7 Å². The fourth-order valence-corrected chi connectivity index (χ4v) is 3.17. The molecule has 0 radical (unpaired) electrons. The van der Waals surface area contributed by atoms with E-state index in [2.05, 4.69) is 45.9 Å². The number of hydrogen-bond acceptors (Lipinski definition) is 5. The monoisotopic (exact) mass is 386 g/mol. The molecule has 0 aromatic carbocycles. The van der Waals surface area contributed by atoms with Crippen LogP contribution in [0.3, 0.4) is 0 Å². The van der Waals surface area contributed by atoms with Gasteiger partial charge in [-0.25, -0.2) is 4.79 Å². The third-order valence-corrected chi connectivity index (χ3v) is 4.89. The van der Waals surface area contributed by atoms with Gasteiger partial charge in [0, 0.05) is 49.7 Å². The Bertz CT molecular complexity index is 896. The highest BCUT2D eigenvalue weighted by atomic mass is 16.2. The number of quaternary nitrogens is 1. The molecule has 1 saturated heterocycles. The molecule has 3 heterocycles. The molecule has 0 unspecified atom stereocenters. The number of anilines is 1. The second-order valence-corrected chi connectivity index (χ2v) is 7.79. The zero-order chi connectivity index (χ0) is 20.3. The highest BCUT2D eigenvalue weighted by molar-refractivity contribution is 5.89. The van der Waals surface area contributed by atoms with Gasteiger partial charge in [-0.15, -0.1) is 0 Å². The van der Waals surface area contributed by atoms with Gasteiger partial charge in [-0.05, 0) is 32.9 Å². The molecule has 2 amide bonds. The maximum atomic E-state index is 12.6. The van der Waals surface area contributed by atoms with Crippen LogP contribution in [0.2, 0.25) is 0 Å². The lowest BCUT2D eigenvalue weighted by molar-refractivity contribution is -0.547. The van der Waals surface area contributed by atoms with Gasteiger partial charge in [0.15, 0.2) is 0 Å². The Kier molecular flexibility index (Phi) is 5.76. The van der Waals surface area contributed by atoms with E-state index in [-0.39, 0.29) is 22.8 Å². The van der Waals surface area contributed by atoms with E-state index >= 15 is 0 Å². The standard InChI is InChI=1S/C19H27N7O2/c1-19(2,3)26-9-7-25(8-10-26)18(28)24-15-11-13(12-22-16(15)27)14-5-6-21-17(20-4)23-14/h5-6,11-12H,7-10H2,1-4H3,(H,22,27)(H,24,28)(H,20,21,23)/p+1. The summed E-state index contributed by atoms with van der Waals surface area (Å²) in [6.07, 6.45) is 3.25. The van der Waals surface area contributed by atoms with Crippen LogP contribution in [0.5, 0.6) is 0 Å². The largest absolute Gasteiger partial charge is 0.327 e. The van der Waals surface area contributed by atoms with E-state index in [1.165, 1.54) is 0 Å². The summed E-state index contributed by atoms with van der Waals surface area (Å²) >= 11 is 0. The number of aromatic nitrogens is 3. The predicted molar refractivity (Wildman–Crippen MR) is 108 cm³/mol. The molecule has 2 aromatic rings. The van der Waals surface area contributed by atoms with Gasteiger partial charge < -0.3 is 15.2 Å². The van der Waals surface area contributed by atoms with Crippen LogP contribution in [0.15, 0.2) is 29.3 Å². The molecule has 1 aliphatic rings. The van der Waals surface area contributed by atoms with E-state index in [0.717, 1.165) is 13.1 Å². The predicted octanol–water partition coefficient (Wildman–Crippen LogP) is 0.605. The number of amides is 2. The first-order valence-electron chi connectivity index (χ1n) is 9.44. The van der Waals surface area contributed by atoms with Crippen LogP contribution in [0.1, 0.15) is 20.8 Å². The van der Waals surface area contributed by atoms with Gasteiger partial charge in [-0.2, -0.15) is 9.97 Å². The molecule has 3 rings (SSSR count). The van der Waals surface area contributed by atoms with Crippen molar-refractivity contribution in [3.63, 3.8) is 0 Å². The molecule has 1 fully saturated rings. The lowest BCUT2D eigenvalue weighted by atomic mass is 10.1. The van der Waals surface area contributed by atoms with Gasteiger partial charge in [0.2, 0.25) is 0 Å². The minimum Gasteiger partial charge on any atom is -0.327 e. The van der Waals surface area contributed by atoms with E-state index in [0.29, 0.717) is 30.3 Å². The Hall–Kier alpha value is -2.78. The molecule has 0 saturated carbocycles. The van der Waals surface area contributed by atoms with Crippen molar-refractivity contribution in [1.82, 2.24) is 24.8 Å². The Labute approximate surface area is 164 Å². The number of urea groups is 1. The summed E-state index contributed by atoms with van der Waals surface area (Å²) in [6.45, 7) is 9.38. The summed E-state index contributed by atoms with van der Waals surface area (Å²) in [5.74, 6) is 0.603. The number of H-pyrrole nitrogens is 1. The molecule has 9 nitrogen and oxygen atoms in total. The number of nitrogens with one attached hydrogen (secondary N) is 2. The van der Waals surface area contributed by atoms with Crippen LogP contribution in [0, 0.1) is 0 Å².